The van der Waals surface area contributed by atoms with Crippen LogP contribution in [0.4, 0.5) is 18.9 Å². The van der Waals surface area contributed by atoms with Crippen molar-refractivity contribution < 1.29 is 31.2 Å². The summed E-state index contributed by atoms with van der Waals surface area (Å²) in [6.45, 7) is 0. The number of fused-ring (bicyclic) bond motifs is 2. The standard InChI is InChI=1S/C22H19ClF3NO4S/c23-17-4-3-13(22(29)27-14-8-18(24)21(26)19(25)9-14)7-20(17)32(30,31)10-16-11-1-2-12(16)6-15(28)5-11/h3-4,7-9,11-12,16H,1-2,5-6,10H2,(H,27,29). The second kappa shape index (κ2) is 8.51. The molecule has 32 heavy (non-hydrogen) atoms. The highest BCUT2D eigenvalue weighted by Gasteiger charge is 2.44. The number of Topliss-reactive ketones (excluding diaryl/α,β-unsaturated/α-hetero) is 1. The number of carbonyl (C=O) groups excluding carboxylic acids is 2. The predicted molar refractivity (Wildman–Crippen MR) is 112 cm³/mol. The maximum absolute atomic E-state index is 13.4. The maximum atomic E-state index is 13.4. The number of carbonyl (C=O) groups is 2. The molecule has 2 saturated carbocycles. The van der Waals surface area contributed by atoms with Crippen molar-refractivity contribution in [1.29, 1.82) is 0 Å². The zero-order valence-electron chi connectivity index (χ0n) is 16.7. The second-order valence-corrected chi connectivity index (χ2v) is 10.8. The first-order chi connectivity index (χ1) is 15.0. The van der Waals surface area contributed by atoms with E-state index in [9.17, 15) is 31.2 Å². The van der Waals surface area contributed by atoms with Gasteiger partial charge in [-0.15, -0.1) is 0 Å². The highest BCUT2D eigenvalue weighted by atomic mass is 35.5. The molecule has 0 heterocycles. The van der Waals surface area contributed by atoms with Crippen LogP contribution in [0, 0.1) is 35.2 Å². The van der Waals surface area contributed by atoms with Crippen LogP contribution >= 0.6 is 11.6 Å². The number of anilines is 1. The number of halogens is 4. The van der Waals surface area contributed by atoms with Crippen LogP contribution in [0.15, 0.2) is 35.2 Å². The van der Waals surface area contributed by atoms with Crippen LogP contribution in [0.3, 0.4) is 0 Å². The van der Waals surface area contributed by atoms with Crippen molar-refractivity contribution in [2.75, 3.05) is 11.1 Å². The van der Waals surface area contributed by atoms with Gasteiger partial charge in [-0.05, 0) is 48.8 Å². The number of rotatable bonds is 5. The second-order valence-electron chi connectivity index (χ2n) is 8.34. The van der Waals surface area contributed by atoms with Gasteiger partial charge in [0.1, 0.15) is 5.78 Å². The summed E-state index contributed by atoms with van der Waals surface area (Å²) in [6.07, 6.45) is 2.41. The fraction of sp³-hybridized carbons (Fsp3) is 0.364. The predicted octanol–water partition coefficient (Wildman–Crippen LogP) is 4.79. The summed E-state index contributed by atoms with van der Waals surface area (Å²) in [4.78, 5) is 24.1. The van der Waals surface area contributed by atoms with Crippen LogP contribution < -0.4 is 5.32 Å². The van der Waals surface area contributed by atoms with Crippen LogP contribution in [-0.2, 0) is 14.6 Å². The summed E-state index contributed by atoms with van der Waals surface area (Å²) in [5.74, 6) is -5.54. The number of ketones is 1. The molecule has 2 bridgehead atoms. The average Bonchev–Trinajstić information content (AvgIpc) is 2.94. The first-order valence-electron chi connectivity index (χ1n) is 10.0. The molecule has 0 radical (unpaired) electrons. The van der Waals surface area contributed by atoms with Gasteiger partial charge in [0.25, 0.3) is 5.91 Å². The minimum absolute atomic E-state index is 0.0320. The lowest BCUT2D eigenvalue weighted by atomic mass is 9.79. The SMILES string of the molecule is O=C1CC2CCC(C1)C2CS(=O)(=O)c1cc(C(=O)Nc2cc(F)c(F)c(F)c2)ccc1Cl. The Balaban J connectivity index is 1.57. The zero-order valence-corrected chi connectivity index (χ0v) is 18.3. The summed E-state index contributed by atoms with van der Waals surface area (Å²) < 4.78 is 66.2. The van der Waals surface area contributed by atoms with Gasteiger partial charge in [-0.1, -0.05) is 11.6 Å². The van der Waals surface area contributed by atoms with Crippen molar-refractivity contribution in [3.8, 4) is 0 Å². The van der Waals surface area contributed by atoms with Gasteiger partial charge in [0.15, 0.2) is 27.3 Å². The van der Waals surface area contributed by atoms with Crippen molar-refractivity contribution in [1.82, 2.24) is 0 Å². The van der Waals surface area contributed by atoms with E-state index in [-0.39, 0.29) is 50.5 Å². The van der Waals surface area contributed by atoms with E-state index in [4.69, 9.17) is 11.6 Å². The minimum Gasteiger partial charge on any atom is -0.322 e. The lowest BCUT2D eigenvalue weighted by Gasteiger charge is -2.29. The summed E-state index contributed by atoms with van der Waals surface area (Å²) in [6, 6.07) is 4.87. The van der Waals surface area contributed by atoms with Crippen LogP contribution in [0.5, 0.6) is 0 Å². The number of sulfone groups is 1. The largest absolute Gasteiger partial charge is 0.322 e. The number of hydrogen-bond donors (Lipinski definition) is 1. The monoisotopic (exact) mass is 485 g/mol. The molecule has 2 aliphatic carbocycles. The van der Waals surface area contributed by atoms with E-state index in [0.717, 1.165) is 18.9 Å². The summed E-state index contributed by atoms with van der Waals surface area (Å²) in [5.41, 5.74) is -0.422. The molecule has 10 heteroatoms. The molecule has 2 fully saturated rings. The molecule has 1 N–H and O–H groups in total. The number of nitrogens with one attached hydrogen (secondary N) is 1. The van der Waals surface area contributed by atoms with Gasteiger partial charge in [0.2, 0.25) is 0 Å². The first kappa shape index (κ1) is 22.8. The van der Waals surface area contributed by atoms with E-state index in [1.54, 1.807) is 0 Å². The highest BCUT2D eigenvalue weighted by Crippen LogP contribution is 2.46. The van der Waals surface area contributed by atoms with Crippen LogP contribution in [0.1, 0.15) is 36.0 Å². The Labute approximate surface area is 187 Å². The van der Waals surface area contributed by atoms with Crippen molar-refractivity contribution in [2.45, 2.75) is 30.6 Å². The average molecular weight is 486 g/mol. The molecule has 2 aromatic rings. The van der Waals surface area contributed by atoms with Gasteiger partial charge in [-0.25, -0.2) is 21.6 Å². The molecule has 4 rings (SSSR count). The molecule has 5 nitrogen and oxygen atoms in total. The smallest absolute Gasteiger partial charge is 0.255 e. The molecule has 0 spiro atoms. The zero-order chi connectivity index (χ0) is 23.2. The first-order valence-corrected chi connectivity index (χ1v) is 12.1. The summed E-state index contributed by atoms with van der Waals surface area (Å²) in [5, 5.41) is 2.16. The molecule has 0 saturated heterocycles. The van der Waals surface area contributed by atoms with E-state index in [1.165, 1.54) is 12.1 Å². The Hall–Kier alpha value is -2.39. The molecule has 2 aliphatic rings. The fourth-order valence-corrected chi connectivity index (χ4v) is 7.12. The van der Waals surface area contributed by atoms with E-state index >= 15 is 0 Å². The quantitative estimate of drug-likeness (QED) is 0.617. The highest BCUT2D eigenvalue weighted by molar-refractivity contribution is 7.91. The van der Waals surface area contributed by atoms with Crippen LogP contribution in [-0.4, -0.2) is 25.9 Å². The van der Waals surface area contributed by atoms with Crippen molar-refractivity contribution in [2.24, 2.45) is 17.8 Å². The third-order valence-electron chi connectivity index (χ3n) is 6.28. The fourth-order valence-electron chi connectivity index (χ4n) is 4.75. The summed E-state index contributed by atoms with van der Waals surface area (Å²) >= 11 is 6.13. The van der Waals surface area contributed by atoms with E-state index in [1.807, 2.05) is 0 Å². The Morgan fingerprint density at radius 3 is 2.22 bits per heavy atom. The van der Waals surface area contributed by atoms with Crippen LogP contribution in [0.25, 0.3) is 0 Å². The van der Waals surface area contributed by atoms with Gasteiger partial charge in [0.05, 0.1) is 15.7 Å². The molecular formula is C22H19ClF3NO4S. The van der Waals surface area contributed by atoms with Gasteiger partial charge < -0.3 is 5.32 Å². The van der Waals surface area contributed by atoms with Crippen LogP contribution in [0.2, 0.25) is 5.02 Å². The normalized spacial score (nSPS) is 22.8. The number of benzene rings is 2. The van der Waals surface area contributed by atoms with Crippen molar-refractivity contribution >= 4 is 38.8 Å². The van der Waals surface area contributed by atoms with Gasteiger partial charge in [-0.3, -0.25) is 9.59 Å². The van der Waals surface area contributed by atoms with Crippen molar-refractivity contribution in [3.63, 3.8) is 0 Å². The molecule has 170 valence electrons. The molecular weight excluding hydrogens is 467 g/mol. The molecule has 2 aromatic carbocycles. The third-order valence-corrected chi connectivity index (χ3v) is 8.55. The Kier molecular flexibility index (Phi) is 6.06. The summed E-state index contributed by atoms with van der Waals surface area (Å²) in [7, 11) is -3.87. The third kappa shape index (κ3) is 4.41. The van der Waals surface area contributed by atoms with E-state index in [2.05, 4.69) is 5.32 Å². The molecule has 0 aromatic heterocycles. The van der Waals surface area contributed by atoms with E-state index in [0.29, 0.717) is 25.0 Å². The maximum Gasteiger partial charge on any atom is 0.255 e. The molecule has 2 atom stereocenters. The number of amides is 1. The number of hydrogen-bond acceptors (Lipinski definition) is 4. The Morgan fingerprint density at radius 1 is 1.03 bits per heavy atom. The van der Waals surface area contributed by atoms with Gasteiger partial charge >= 0.3 is 0 Å². The Morgan fingerprint density at radius 2 is 1.62 bits per heavy atom. The topological polar surface area (TPSA) is 80.3 Å². The van der Waals surface area contributed by atoms with Gasteiger partial charge in [-0.2, -0.15) is 0 Å². The Bertz CT molecular complexity index is 1180. The lowest BCUT2D eigenvalue weighted by molar-refractivity contribution is -0.122. The molecule has 1 amide bonds. The van der Waals surface area contributed by atoms with E-state index < -0.39 is 33.2 Å². The lowest BCUT2D eigenvalue weighted by Crippen LogP contribution is -2.31. The van der Waals surface area contributed by atoms with Gasteiger partial charge in [0, 0.05) is 36.2 Å². The minimum atomic E-state index is -3.87. The molecule has 2 unspecified atom stereocenters. The molecule has 0 aliphatic heterocycles. The van der Waals surface area contributed by atoms with Crippen molar-refractivity contribution in [3.05, 3.63) is 58.4 Å².